The van der Waals surface area contributed by atoms with E-state index in [2.05, 4.69) is 5.32 Å². The minimum absolute atomic E-state index is 0.0246. The molecule has 1 aliphatic rings. The van der Waals surface area contributed by atoms with E-state index < -0.39 is 0 Å². The first-order valence-electron chi connectivity index (χ1n) is 7.61. The molecule has 0 bridgehead atoms. The zero-order valence-electron chi connectivity index (χ0n) is 12.4. The highest BCUT2D eigenvalue weighted by Gasteiger charge is 2.20. The van der Waals surface area contributed by atoms with Crippen LogP contribution in [0.15, 0.2) is 42.5 Å². The first-order chi connectivity index (χ1) is 10.8. The fourth-order valence-electron chi connectivity index (χ4n) is 2.88. The summed E-state index contributed by atoms with van der Waals surface area (Å²) in [5.74, 6) is 0.513. The van der Waals surface area contributed by atoms with Gasteiger partial charge in [-0.15, -0.1) is 0 Å². The summed E-state index contributed by atoms with van der Waals surface area (Å²) >= 11 is 0. The highest BCUT2D eigenvalue weighted by atomic mass is 19.1. The fraction of sp³-hybridized carbons (Fsp3) is 0.333. The molecule has 1 atom stereocenters. The average Bonchev–Trinajstić information content (AvgIpc) is 2.75. The quantitative estimate of drug-likeness (QED) is 0.910. The first-order valence-corrected chi connectivity index (χ1v) is 7.61. The van der Waals surface area contributed by atoms with Gasteiger partial charge in [-0.25, -0.2) is 4.39 Å². The molecule has 116 valence electrons. The van der Waals surface area contributed by atoms with Crippen molar-refractivity contribution in [2.24, 2.45) is 0 Å². The van der Waals surface area contributed by atoms with Crippen molar-refractivity contribution in [1.82, 2.24) is 5.32 Å². The maximum Gasteiger partial charge on any atom is 0.124 e. The van der Waals surface area contributed by atoms with Crippen molar-refractivity contribution in [1.29, 1.82) is 0 Å². The van der Waals surface area contributed by atoms with E-state index in [9.17, 15) is 9.50 Å². The zero-order valence-corrected chi connectivity index (χ0v) is 12.4. The molecular formula is C18H20FNO2. The first kappa shape index (κ1) is 15.0. The lowest BCUT2D eigenvalue weighted by atomic mass is 10.0. The number of aliphatic hydroxyl groups is 1. The van der Waals surface area contributed by atoms with E-state index in [0.29, 0.717) is 13.2 Å². The van der Waals surface area contributed by atoms with Gasteiger partial charge in [0.05, 0.1) is 13.2 Å². The molecule has 0 saturated heterocycles. The van der Waals surface area contributed by atoms with Crippen LogP contribution in [0.1, 0.15) is 35.6 Å². The Morgan fingerprint density at radius 1 is 1.18 bits per heavy atom. The number of nitrogens with one attached hydrogen (secondary N) is 1. The molecule has 2 aromatic rings. The lowest BCUT2D eigenvalue weighted by Gasteiger charge is -2.19. The van der Waals surface area contributed by atoms with E-state index in [4.69, 9.17) is 4.74 Å². The summed E-state index contributed by atoms with van der Waals surface area (Å²) < 4.78 is 19.3. The van der Waals surface area contributed by atoms with Crippen LogP contribution in [0, 0.1) is 5.82 Å². The number of ether oxygens (including phenoxy) is 1. The molecule has 1 heterocycles. The van der Waals surface area contributed by atoms with Crippen LogP contribution in [0.5, 0.6) is 5.75 Å². The van der Waals surface area contributed by atoms with Gasteiger partial charge in [0.1, 0.15) is 11.6 Å². The van der Waals surface area contributed by atoms with Gasteiger partial charge in [-0.1, -0.05) is 24.3 Å². The van der Waals surface area contributed by atoms with E-state index in [1.54, 1.807) is 12.1 Å². The molecule has 2 aromatic carbocycles. The van der Waals surface area contributed by atoms with Crippen molar-refractivity contribution >= 4 is 0 Å². The maximum absolute atomic E-state index is 13.6. The second-order valence-electron chi connectivity index (χ2n) is 5.53. The van der Waals surface area contributed by atoms with E-state index in [1.807, 2.05) is 24.3 Å². The molecule has 0 spiro atoms. The molecule has 0 saturated carbocycles. The Hall–Kier alpha value is -1.91. The molecular weight excluding hydrogens is 281 g/mol. The Bertz CT molecular complexity index is 645. The average molecular weight is 301 g/mol. The van der Waals surface area contributed by atoms with Crippen molar-refractivity contribution in [2.75, 3.05) is 6.61 Å². The van der Waals surface area contributed by atoms with Gasteiger partial charge in [-0.2, -0.15) is 0 Å². The summed E-state index contributed by atoms with van der Waals surface area (Å²) in [6.07, 6.45) is 1.83. The van der Waals surface area contributed by atoms with E-state index in [1.165, 1.54) is 6.07 Å². The third-order valence-corrected chi connectivity index (χ3v) is 4.07. The van der Waals surface area contributed by atoms with E-state index >= 15 is 0 Å². The number of rotatable bonds is 4. The molecule has 0 fully saturated rings. The molecule has 2 N–H and O–H groups in total. The van der Waals surface area contributed by atoms with Gasteiger partial charge in [-0.3, -0.25) is 0 Å². The van der Waals surface area contributed by atoms with Crippen molar-refractivity contribution in [3.8, 4) is 5.75 Å². The number of halogens is 1. The van der Waals surface area contributed by atoms with Crippen molar-refractivity contribution in [3.05, 3.63) is 65.0 Å². The Morgan fingerprint density at radius 2 is 2.00 bits per heavy atom. The number of benzene rings is 2. The van der Waals surface area contributed by atoms with Gasteiger partial charge in [0.2, 0.25) is 0 Å². The lowest BCUT2D eigenvalue weighted by Crippen LogP contribution is -2.21. The van der Waals surface area contributed by atoms with Crippen LogP contribution >= 0.6 is 0 Å². The summed E-state index contributed by atoms with van der Waals surface area (Å²) in [4.78, 5) is 0. The highest BCUT2D eigenvalue weighted by Crippen LogP contribution is 2.32. The number of fused-ring (bicyclic) bond motifs is 1. The molecule has 0 amide bonds. The smallest absolute Gasteiger partial charge is 0.124 e. The third kappa shape index (κ3) is 3.29. The molecule has 22 heavy (non-hydrogen) atoms. The van der Waals surface area contributed by atoms with Crippen LogP contribution in [0.3, 0.4) is 0 Å². The van der Waals surface area contributed by atoms with Crippen LogP contribution in [0.25, 0.3) is 0 Å². The topological polar surface area (TPSA) is 41.5 Å². The minimum Gasteiger partial charge on any atom is -0.493 e. The van der Waals surface area contributed by atoms with Gasteiger partial charge in [0, 0.05) is 18.2 Å². The SMILES string of the molecule is OCc1ccccc1CNC1CCCOc2ccc(F)cc21. The molecule has 1 aliphatic heterocycles. The summed E-state index contributed by atoms with van der Waals surface area (Å²) in [6, 6.07) is 12.5. The predicted octanol–water partition coefficient (Wildman–Crippen LogP) is 3.32. The molecule has 1 unspecified atom stereocenters. The zero-order chi connectivity index (χ0) is 15.4. The van der Waals surface area contributed by atoms with Gasteiger partial charge in [0.25, 0.3) is 0 Å². The summed E-state index contributed by atoms with van der Waals surface area (Å²) in [5.41, 5.74) is 2.85. The molecule has 3 rings (SSSR count). The summed E-state index contributed by atoms with van der Waals surface area (Å²) in [6.45, 7) is 1.32. The van der Waals surface area contributed by atoms with Crippen LogP contribution < -0.4 is 10.1 Å². The molecule has 0 radical (unpaired) electrons. The minimum atomic E-state index is -0.244. The number of aliphatic hydroxyl groups excluding tert-OH is 1. The predicted molar refractivity (Wildman–Crippen MR) is 83.1 cm³/mol. The summed E-state index contributed by atoms with van der Waals surface area (Å²) in [5, 5.41) is 12.9. The maximum atomic E-state index is 13.6. The van der Waals surface area contributed by atoms with Crippen LogP contribution in [-0.2, 0) is 13.2 Å². The second-order valence-corrected chi connectivity index (χ2v) is 5.53. The van der Waals surface area contributed by atoms with E-state index in [0.717, 1.165) is 35.3 Å². The van der Waals surface area contributed by atoms with Crippen molar-refractivity contribution < 1.29 is 14.2 Å². The van der Waals surface area contributed by atoms with Gasteiger partial charge in [-0.05, 0) is 42.2 Å². The van der Waals surface area contributed by atoms with Crippen molar-refractivity contribution in [3.63, 3.8) is 0 Å². The van der Waals surface area contributed by atoms with Gasteiger partial charge in [0.15, 0.2) is 0 Å². The van der Waals surface area contributed by atoms with E-state index in [-0.39, 0.29) is 18.5 Å². The Morgan fingerprint density at radius 3 is 2.82 bits per heavy atom. The summed E-state index contributed by atoms with van der Waals surface area (Å²) in [7, 11) is 0. The highest BCUT2D eigenvalue weighted by molar-refractivity contribution is 5.37. The Labute approximate surface area is 129 Å². The van der Waals surface area contributed by atoms with Crippen LogP contribution in [-0.4, -0.2) is 11.7 Å². The molecule has 0 aromatic heterocycles. The second kappa shape index (κ2) is 6.90. The lowest BCUT2D eigenvalue weighted by molar-refractivity contribution is 0.280. The number of hydrogen-bond acceptors (Lipinski definition) is 3. The van der Waals surface area contributed by atoms with Crippen LogP contribution in [0.4, 0.5) is 4.39 Å². The van der Waals surface area contributed by atoms with Gasteiger partial charge < -0.3 is 15.2 Å². The van der Waals surface area contributed by atoms with Crippen LogP contribution in [0.2, 0.25) is 0 Å². The van der Waals surface area contributed by atoms with Crippen molar-refractivity contribution in [2.45, 2.75) is 32.0 Å². The molecule has 0 aliphatic carbocycles. The number of hydrogen-bond donors (Lipinski definition) is 2. The third-order valence-electron chi connectivity index (χ3n) is 4.07. The Kier molecular flexibility index (Phi) is 4.71. The normalized spacial score (nSPS) is 17.5. The standard InChI is InChI=1S/C18H20FNO2/c19-15-7-8-18-16(10-15)17(6-3-9-22-18)20-11-13-4-1-2-5-14(13)12-21/h1-2,4-5,7-8,10,17,20-21H,3,6,9,11-12H2. The fourth-order valence-corrected chi connectivity index (χ4v) is 2.88. The van der Waals surface area contributed by atoms with Gasteiger partial charge >= 0.3 is 0 Å². The largest absolute Gasteiger partial charge is 0.493 e. The Balaban J connectivity index is 1.79. The molecule has 3 nitrogen and oxygen atoms in total. The monoisotopic (exact) mass is 301 g/mol. The molecule has 4 heteroatoms.